The van der Waals surface area contributed by atoms with Crippen LogP contribution in [-0.4, -0.2) is 37.2 Å². The van der Waals surface area contributed by atoms with E-state index in [1.54, 1.807) is 0 Å². The van der Waals surface area contributed by atoms with Gasteiger partial charge in [0.1, 0.15) is 13.2 Å². The first-order valence-corrected chi connectivity index (χ1v) is 29.7. The maximum Gasteiger partial charge on any atom is 0.306 e. The Labute approximate surface area is 438 Å². The van der Waals surface area contributed by atoms with Crippen LogP contribution in [0.15, 0.2) is 97.2 Å². The van der Waals surface area contributed by atoms with Gasteiger partial charge in [-0.3, -0.25) is 14.4 Å². The van der Waals surface area contributed by atoms with Gasteiger partial charge in [-0.05, 0) is 116 Å². The van der Waals surface area contributed by atoms with Gasteiger partial charge < -0.3 is 14.2 Å². The van der Waals surface area contributed by atoms with Crippen molar-refractivity contribution in [2.45, 2.75) is 284 Å². The van der Waals surface area contributed by atoms with E-state index in [-0.39, 0.29) is 37.5 Å². The SMILES string of the molecule is CCCCC/C=C\C/C=C\C/C=C\C/C=C\C/C=C\CCC(=O)OC[C@H](COC(=O)CCCCCCCCC/C=C\CCCCCCCC)OC(=O)CCCCCCCCC/C=C\C/C=C\CCCCC. The van der Waals surface area contributed by atoms with Gasteiger partial charge in [0, 0.05) is 19.3 Å². The average molecular weight is 988 g/mol. The molecule has 0 unspecified atom stereocenters. The zero-order valence-electron chi connectivity index (χ0n) is 46.5. The molecule has 0 aromatic carbocycles. The number of rotatable bonds is 53. The van der Waals surface area contributed by atoms with E-state index in [0.29, 0.717) is 19.3 Å². The first kappa shape index (κ1) is 67.3. The lowest BCUT2D eigenvalue weighted by atomic mass is 10.1. The van der Waals surface area contributed by atoms with Crippen LogP contribution in [0, 0.1) is 0 Å². The summed E-state index contributed by atoms with van der Waals surface area (Å²) < 4.78 is 16.8. The molecule has 0 aromatic heterocycles. The Hall–Kier alpha value is -3.67. The lowest BCUT2D eigenvalue weighted by Crippen LogP contribution is -2.30. The predicted octanol–water partition coefficient (Wildman–Crippen LogP) is 20.1. The Morgan fingerprint density at radius 3 is 0.915 bits per heavy atom. The van der Waals surface area contributed by atoms with Crippen molar-refractivity contribution in [1.29, 1.82) is 0 Å². The molecule has 0 N–H and O–H groups in total. The smallest absolute Gasteiger partial charge is 0.306 e. The standard InChI is InChI=1S/C65H110O6/c1-4-7-10-13-16-19-22-25-28-31-32-35-37-40-43-46-49-52-55-58-64(67)70-61-62(71-65(68)59-56-53-50-47-44-41-38-34-30-27-24-21-18-15-12-9-6-3)60-69-63(66)57-54-51-48-45-42-39-36-33-29-26-23-20-17-14-11-8-5-2/h16,18-19,21,25-30,32,35,40,43,49,52,62H,4-15,17,20,22-24,31,33-34,36-39,41-42,44-48,50-51,53-61H2,1-3H3/b19-16-,21-18-,28-25-,29-26-,30-27-,35-32-,43-40-,52-49-/t62-/m0/s1. The molecule has 0 saturated carbocycles. The lowest BCUT2D eigenvalue weighted by Gasteiger charge is -2.18. The van der Waals surface area contributed by atoms with E-state index in [1.807, 2.05) is 6.08 Å². The number of carbonyl (C=O) groups is 3. The second kappa shape index (κ2) is 58.9. The fraction of sp³-hybridized carbons (Fsp3) is 0.708. The summed E-state index contributed by atoms with van der Waals surface area (Å²) in [6, 6.07) is 0. The quantitative estimate of drug-likeness (QED) is 0.0261. The normalized spacial score (nSPS) is 12.8. The minimum Gasteiger partial charge on any atom is -0.462 e. The molecular weight excluding hydrogens is 877 g/mol. The number of unbranched alkanes of at least 4 members (excludes halogenated alkanes) is 26. The summed E-state index contributed by atoms with van der Waals surface area (Å²) in [5.41, 5.74) is 0. The minimum absolute atomic E-state index is 0.106. The van der Waals surface area contributed by atoms with Crippen molar-refractivity contribution < 1.29 is 28.6 Å². The van der Waals surface area contributed by atoms with E-state index in [0.717, 1.165) is 77.0 Å². The highest BCUT2D eigenvalue weighted by molar-refractivity contribution is 5.71. The molecule has 0 heterocycles. The van der Waals surface area contributed by atoms with E-state index in [1.165, 1.54) is 154 Å². The summed E-state index contributed by atoms with van der Waals surface area (Å²) in [6.07, 6.45) is 78.3. The Morgan fingerprint density at radius 1 is 0.282 bits per heavy atom. The van der Waals surface area contributed by atoms with Crippen molar-refractivity contribution in [3.8, 4) is 0 Å². The van der Waals surface area contributed by atoms with Crippen LogP contribution >= 0.6 is 0 Å². The van der Waals surface area contributed by atoms with Gasteiger partial charge in [-0.15, -0.1) is 0 Å². The summed E-state index contributed by atoms with van der Waals surface area (Å²) in [6.45, 7) is 6.52. The van der Waals surface area contributed by atoms with Crippen molar-refractivity contribution in [3.63, 3.8) is 0 Å². The number of allylic oxidation sites excluding steroid dienone is 16. The fourth-order valence-corrected chi connectivity index (χ4v) is 8.04. The highest BCUT2D eigenvalue weighted by atomic mass is 16.6. The molecule has 0 bridgehead atoms. The molecule has 6 heteroatoms. The maximum atomic E-state index is 12.9. The van der Waals surface area contributed by atoms with Gasteiger partial charge in [0.2, 0.25) is 0 Å². The Bertz CT molecular complexity index is 1410. The second-order valence-electron chi connectivity index (χ2n) is 19.5. The van der Waals surface area contributed by atoms with Gasteiger partial charge in [0.05, 0.1) is 0 Å². The van der Waals surface area contributed by atoms with Crippen LogP contribution < -0.4 is 0 Å². The molecule has 0 saturated heterocycles. The minimum atomic E-state index is -0.815. The molecule has 0 amide bonds. The van der Waals surface area contributed by atoms with Gasteiger partial charge in [0.15, 0.2) is 6.10 Å². The van der Waals surface area contributed by atoms with Crippen molar-refractivity contribution in [1.82, 2.24) is 0 Å². The van der Waals surface area contributed by atoms with Crippen LogP contribution in [0.25, 0.3) is 0 Å². The summed E-state index contributed by atoms with van der Waals surface area (Å²) in [4.78, 5) is 38.2. The van der Waals surface area contributed by atoms with Crippen molar-refractivity contribution >= 4 is 17.9 Å². The van der Waals surface area contributed by atoms with Gasteiger partial charge in [-0.2, -0.15) is 0 Å². The van der Waals surface area contributed by atoms with Crippen LogP contribution in [0.5, 0.6) is 0 Å². The van der Waals surface area contributed by atoms with Crippen LogP contribution in [0.4, 0.5) is 0 Å². The fourth-order valence-electron chi connectivity index (χ4n) is 8.04. The molecule has 1 atom stereocenters. The predicted molar refractivity (Wildman–Crippen MR) is 307 cm³/mol. The van der Waals surface area contributed by atoms with Crippen molar-refractivity contribution in [2.24, 2.45) is 0 Å². The average Bonchev–Trinajstić information content (AvgIpc) is 3.37. The zero-order chi connectivity index (χ0) is 51.4. The zero-order valence-corrected chi connectivity index (χ0v) is 46.5. The molecule has 71 heavy (non-hydrogen) atoms. The van der Waals surface area contributed by atoms with Gasteiger partial charge in [0.25, 0.3) is 0 Å². The molecule has 6 nitrogen and oxygen atoms in total. The molecule has 406 valence electrons. The number of carbonyl (C=O) groups excluding carboxylic acids is 3. The molecule has 0 rings (SSSR count). The highest BCUT2D eigenvalue weighted by Crippen LogP contribution is 2.14. The van der Waals surface area contributed by atoms with Crippen LogP contribution in [0.3, 0.4) is 0 Å². The highest BCUT2D eigenvalue weighted by Gasteiger charge is 2.19. The Balaban J connectivity index is 4.51. The molecule has 0 aromatic rings. The van der Waals surface area contributed by atoms with Gasteiger partial charge >= 0.3 is 17.9 Å². The molecule has 0 spiro atoms. The largest absolute Gasteiger partial charge is 0.462 e. The molecule has 0 fully saturated rings. The Morgan fingerprint density at radius 2 is 0.535 bits per heavy atom. The molecular formula is C65H110O6. The summed E-state index contributed by atoms with van der Waals surface area (Å²) in [7, 11) is 0. The number of ether oxygens (including phenoxy) is 3. The number of esters is 3. The first-order chi connectivity index (χ1) is 35.0. The molecule has 0 aliphatic rings. The summed E-state index contributed by atoms with van der Waals surface area (Å²) in [5, 5.41) is 0. The number of hydrogen-bond donors (Lipinski definition) is 0. The van der Waals surface area contributed by atoms with Crippen molar-refractivity contribution in [3.05, 3.63) is 97.2 Å². The summed E-state index contributed by atoms with van der Waals surface area (Å²) in [5.74, 6) is -1.000. The topological polar surface area (TPSA) is 78.9 Å². The third-order valence-corrected chi connectivity index (χ3v) is 12.5. The van der Waals surface area contributed by atoms with Gasteiger partial charge in [-0.25, -0.2) is 0 Å². The van der Waals surface area contributed by atoms with Crippen LogP contribution in [0.2, 0.25) is 0 Å². The second-order valence-corrected chi connectivity index (χ2v) is 19.5. The monoisotopic (exact) mass is 987 g/mol. The third kappa shape index (κ3) is 57.1. The van der Waals surface area contributed by atoms with E-state index in [9.17, 15) is 14.4 Å². The maximum absolute atomic E-state index is 12.9. The van der Waals surface area contributed by atoms with Gasteiger partial charge in [-0.1, -0.05) is 240 Å². The summed E-state index contributed by atoms with van der Waals surface area (Å²) >= 11 is 0. The van der Waals surface area contributed by atoms with E-state index < -0.39 is 6.10 Å². The molecule has 0 radical (unpaired) electrons. The number of hydrogen-bond acceptors (Lipinski definition) is 6. The van der Waals surface area contributed by atoms with E-state index >= 15 is 0 Å². The van der Waals surface area contributed by atoms with E-state index in [2.05, 4.69) is 112 Å². The third-order valence-electron chi connectivity index (χ3n) is 12.5. The first-order valence-electron chi connectivity index (χ1n) is 29.7. The molecule has 0 aliphatic heterocycles. The van der Waals surface area contributed by atoms with Crippen LogP contribution in [0.1, 0.15) is 278 Å². The van der Waals surface area contributed by atoms with E-state index in [4.69, 9.17) is 14.2 Å². The molecule has 0 aliphatic carbocycles. The lowest BCUT2D eigenvalue weighted by molar-refractivity contribution is -0.166. The van der Waals surface area contributed by atoms with Crippen LogP contribution in [-0.2, 0) is 28.6 Å². The Kier molecular flexibility index (Phi) is 55.9. The van der Waals surface area contributed by atoms with Crippen molar-refractivity contribution in [2.75, 3.05) is 13.2 Å².